The molecule has 1 saturated heterocycles. The molecule has 1 aliphatic rings. The molecule has 2 N–H and O–H groups in total. The van der Waals surface area contributed by atoms with Crippen molar-refractivity contribution in [1.29, 1.82) is 0 Å². The number of hydrogen-bond acceptors (Lipinski definition) is 3. The SMILES string of the molecule is CN1CCC(N(C)C(=O)NC(CNCc2ccccc2)c2cccc(Cl)c2Cl)CC1. The van der Waals surface area contributed by atoms with Crippen LogP contribution < -0.4 is 10.6 Å². The van der Waals surface area contributed by atoms with Gasteiger partial charge in [-0.25, -0.2) is 4.79 Å². The van der Waals surface area contributed by atoms with Crippen LogP contribution in [0.3, 0.4) is 0 Å². The van der Waals surface area contributed by atoms with Gasteiger partial charge in [0, 0.05) is 26.2 Å². The second kappa shape index (κ2) is 11.0. The Kier molecular flexibility index (Phi) is 8.40. The Morgan fingerprint density at radius 2 is 1.83 bits per heavy atom. The first kappa shape index (κ1) is 22.9. The van der Waals surface area contributed by atoms with E-state index in [0.717, 1.165) is 31.5 Å². The average molecular weight is 449 g/mol. The summed E-state index contributed by atoms with van der Waals surface area (Å²) in [5.41, 5.74) is 2.00. The maximum Gasteiger partial charge on any atom is 0.317 e. The number of carbonyl (C=O) groups excluding carboxylic acids is 1. The van der Waals surface area contributed by atoms with Crippen molar-refractivity contribution in [3.05, 3.63) is 69.7 Å². The van der Waals surface area contributed by atoms with Crippen molar-refractivity contribution in [3.8, 4) is 0 Å². The zero-order chi connectivity index (χ0) is 21.5. The number of rotatable bonds is 7. The van der Waals surface area contributed by atoms with E-state index < -0.39 is 0 Å². The van der Waals surface area contributed by atoms with E-state index in [1.807, 2.05) is 42.3 Å². The fourth-order valence-corrected chi connectivity index (χ4v) is 4.22. The van der Waals surface area contributed by atoms with Crippen LogP contribution in [0.5, 0.6) is 0 Å². The molecule has 1 unspecified atom stereocenters. The number of likely N-dealkylation sites (tertiary alicyclic amines) is 1. The van der Waals surface area contributed by atoms with Gasteiger partial charge in [-0.1, -0.05) is 65.7 Å². The highest BCUT2D eigenvalue weighted by Crippen LogP contribution is 2.30. The first-order valence-electron chi connectivity index (χ1n) is 10.4. The maximum atomic E-state index is 13.0. The molecule has 30 heavy (non-hydrogen) atoms. The second-order valence-corrected chi connectivity index (χ2v) is 8.69. The molecule has 7 heteroatoms. The van der Waals surface area contributed by atoms with Gasteiger partial charge in [-0.15, -0.1) is 0 Å². The van der Waals surface area contributed by atoms with Crippen LogP contribution >= 0.6 is 23.2 Å². The smallest absolute Gasteiger partial charge is 0.317 e. The highest BCUT2D eigenvalue weighted by Gasteiger charge is 2.26. The molecular weight excluding hydrogens is 419 g/mol. The molecule has 1 atom stereocenters. The molecule has 2 amide bonds. The van der Waals surface area contributed by atoms with Crippen LogP contribution in [-0.2, 0) is 6.54 Å². The summed E-state index contributed by atoms with van der Waals surface area (Å²) in [4.78, 5) is 17.2. The summed E-state index contributed by atoms with van der Waals surface area (Å²) in [6.45, 7) is 3.26. The Morgan fingerprint density at radius 3 is 2.53 bits per heavy atom. The van der Waals surface area contributed by atoms with Gasteiger partial charge in [0.1, 0.15) is 0 Å². The van der Waals surface area contributed by atoms with E-state index in [4.69, 9.17) is 23.2 Å². The summed E-state index contributed by atoms with van der Waals surface area (Å²) in [7, 11) is 3.99. The summed E-state index contributed by atoms with van der Waals surface area (Å²) >= 11 is 12.7. The number of carbonyl (C=O) groups is 1. The Morgan fingerprint density at radius 1 is 1.13 bits per heavy atom. The molecule has 162 valence electrons. The molecular formula is C23H30Cl2N4O. The lowest BCUT2D eigenvalue weighted by Gasteiger charge is -2.36. The van der Waals surface area contributed by atoms with Crippen molar-refractivity contribution >= 4 is 29.2 Å². The molecule has 0 radical (unpaired) electrons. The van der Waals surface area contributed by atoms with E-state index in [1.54, 1.807) is 6.07 Å². The van der Waals surface area contributed by atoms with Crippen molar-refractivity contribution in [1.82, 2.24) is 20.4 Å². The number of piperidine rings is 1. The molecule has 3 rings (SSSR count). The number of urea groups is 1. The fourth-order valence-electron chi connectivity index (χ4n) is 3.78. The van der Waals surface area contributed by atoms with E-state index in [2.05, 4.69) is 34.7 Å². The lowest BCUT2D eigenvalue weighted by atomic mass is 10.0. The average Bonchev–Trinajstić information content (AvgIpc) is 2.76. The zero-order valence-electron chi connectivity index (χ0n) is 17.6. The predicted octanol–water partition coefficient (Wildman–Crippen LogP) is 4.56. The summed E-state index contributed by atoms with van der Waals surface area (Å²) in [6.07, 6.45) is 1.96. The molecule has 1 heterocycles. The fraction of sp³-hybridized carbons (Fsp3) is 0.435. The number of nitrogens with zero attached hydrogens (tertiary/aromatic N) is 2. The minimum atomic E-state index is -0.291. The Bertz CT molecular complexity index is 825. The van der Waals surface area contributed by atoms with Gasteiger partial charge >= 0.3 is 6.03 Å². The molecule has 0 saturated carbocycles. The van der Waals surface area contributed by atoms with Crippen molar-refractivity contribution in [2.24, 2.45) is 0 Å². The quantitative estimate of drug-likeness (QED) is 0.652. The summed E-state index contributed by atoms with van der Waals surface area (Å²) in [5, 5.41) is 7.56. The van der Waals surface area contributed by atoms with Gasteiger partial charge in [-0.05, 0) is 50.2 Å². The summed E-state index contributed by atoms with van der Waals surface area (Å²) in [6, 6.07) is 15.6. The highest BCUT2D eigenvalue weighted by atomic mass is 35.5. The zero-order valence-corrected chi connectivity index (χ0v) is 19.1. The largest absolute Gasteiger partial charge is 0.330 e. The van der Waals surface area contributed by atoms with Gasteiger partial charge in [0.05, 0.1) is 16.1 Å². The Hall–Kier alpha value is -1.79. The number of halogens is 2. The Balaban J connectivity index is 1.68. The van der Waals surface area contributed by atoms with Crippen LogP contribution in [0, 0.1) is 0 Å². The van der Waals surface area contributed by atoms with E-state index in [0.29, 0.717) is 23.1 Å². The monoisotopic (exact) mass is 448 g/mol. The third-order valence-corrected chi connectivity index (χ3v) is 6.56. The molecule has 0 spiro atoms. The van der Waals surface area contributed by atoms with Gasteiger partial charge in [-0.2, -0.15) is 0 Å². The molecule has 0 bridgehead atoms. The number of hydrogen-bond donors (Lipinski definition) is 2. The van der Waals surface area contributed by atoms with E-state index >= 15 is 0 Å². The highest BCUT2D eigenvalue weighted by molar-refractivity contribution is 6.42. The van der Waals surface area contributed by atoms with Gasteiger partial charge in [0.2, 0.25) is 0 Å². The maximum absolute atomic E-state index is 13.0. The van der Waals surface area contributed by atoms with Gasteiger partial charge < -0.3 is 20.4 Å². The normalized spacial score (nSPS) is 16.3. The van der Waals surface area contributed by atoms with E-state index in [9.17, 15) is 4.79 Å². The van der Waals surface area contributed by atoms with Gasteiger partial charge in [-0.3, -0.25) is 0 Å². The summed E-state index contributed by atoms with van der Waals surface area (Å²) < 4.78 is 0. The van der Waals surface area contributed by atoms with Crippen LogP contribution in [0.2, 0.25) is 10.0 Å². The number of benzene rings is 2. The van der Waals surface area contributed by atoms with Gasteiger partial charge in [0.15, 0.2) is 0 Å². The lowest BCUT2D eigenvalue weighted by molar-refractivity contribution is 0.145. The van der Waals surface area contributed by atoms with Crippen LogP contribution in [0.15, 0.2) is 48.5 Å². The van der Waals surface area contributed by atoms with Crippen molar-refractivity contribution in [3.63, 3.8) is 0 Å². The third kappa shape index (κ3) is 6.11. The van der Waals surface area contributed by atoms with Gasteiger partial charge in [0.25, 0.3) is 0 Å². The molecule has 5 nitrogen and oxygen atoms in total. The predicted molar refractivity (Wildman–Crippen MR) is 124 cm³/mol. The Labute approximate surface area is 189 Å². The minimum Gasteiger partial charge on any atom is -0.330 e. The molecule has 2 aromatic rings. The van der Waals surface area contributed by atoms with Crippen LogP contribution in [0.25, 0.3) is 0 Å². The van der Waals surface area contributed by atoms with Crippen molar-refractivity contribution in [2.45, 2.75) is 31.5 Å². The molecule has 0 aromatic heterocycles. The molecule has 2 aromatic carbocycles. The molecule has 0 aliphatic carbocycles. The molecule has 1 aliphatic heterocycles. The minimum absolute atomic E-state index is 0.0906. The number of nitrogens with one attached hydrogen (secondary N) is 2. The second-order valence-electron chi connectivity index (χ2n) is 7.91. The number of amides is 2. The first-order chi connectivity index (χ1) is 14.5. The van der Waals surface area contributed by atoms with Crippen molar-refractivity contribution < 1.29 is 4.79 Å². The van der Waals surface area contributed by atoms with Crippen LogP contribution in [0.4, 0.5) is 4.79 Å². The van der Waals surface area contributed by atoms with E-state index in [-0.39, 0.29) is 18.1 Å². The van der Waals surface area contributed by atoms with Crippen LogP contribution in [-0.4, -0.2) is 55.6 Å². The first-order valence-corrected chi connectivity index (χ1v) is 11.1. The van der Waals surface area contributed by atoms with E-state index in [1.165, 1.54) is 5.56 Å². The van der Waals surface area contributed by atoms with Crippen LogP contribution in [0.1, 0.15) is 30.0 Å². The standard InChI is InChI=1S/C23H30Cl2N4O/c1-28-13-11-18(12-14-28)29(2)23(30)27-21(19-9-6-10-20(24)22(19)25)16-26-15-17-7-4-3-5-8-17/h3-10,18,21,26H,11-16H2,1-2H3,(H,27,30). The topological polar surface area (TPSA) is 47.6 Å². The third-order valence-electron chi connectivity index (χ3n) is 5.73. The van der Waals surface area contributed by atoms with Crippen molar-refractivity contribution in [2.75, 3.05) is 33.7 Å². The lowest BCUT2D eigenvalue weighted by Crippen LogP contribution is -2.49. The summed E-state index contributed by atoms with van der Waals surface area (Å²) in [5.74, 6) is 0. The molecule has 1 fully saturated rings.